The van der Waals surface area contributed by atoms with E-state index in [1.54, 1.807) is 43.7 Å². The SMILES string of the molecule is CN(C)C(=O)Cc1ccc(COc2nccc(C(C#N)c3nc4cnccc4s3)n2)cc1. The number of hydrogen-bond acceptors (Lipinski definition) is 8. The number of likely N-dealkylation sites (N-methyl/N-ethyl adjacent to an activating group) is 1. The van der Waals surface area contributed by atoms with Crippen LogP contribution in [-0.2, 0) is 17.8 Å². The summed E-state index contributed by atoms with van der Waals surface area (Å²) in [5.74, 6) is -0.568. The Labute approximate surface area is 189 Å². The van der Waals surface area contributed by atoms with Crippen LogP contribution in [0.1, 0.15) is 27.7 Å². The van der Waals surface area contributed by atoms with E-state index >= 15 is 0 Å². The number of carbonyl (C=O) groups is 1. The minimum atomic E-state index is -0.619. The highest BCUT2D eigenvalue weighted by Crippen LogP contribution is 2.30. The van der Waals surface area contributed by atoms with Crippen LogP contribution in [0.5, 0.6) is 6.01 Å². The highest BCUT2D eigenvalue weighted by molar-refractivity contribution is 7.18. The van der Waals surface area contributed by atoms with Crippen molar-refractivity contribution in [2.75, 3.05) is 14.1 Å². The van der Waals surface area contributed by atoms with E-state index in [0.29, 0.717) is 17.1 Å². The summed E-state index contributed by atoms with van der Waals surface area (Å²) in [6.07, 6.45) is 5.32. The van der Waals surface area contributed by atoms with Crippen molar-refractivity contribution >= 4 is 27.5 Å². The van der Waals surface area contributed by atoms with Crippen molar-refractivity contribution in [2.45, 2.75) is 18.9 Å². The van der Waals surface area contributed by atoms with Gasteiger partial charge in [0.15, 0.2) is 0 Å². The van der Waals surface area contributed by atoms with E-state index in [9.17, 15) is 10.1 Å². The molecule has 0 bridgehead atoms. The maximum Gasteiger partial charge on any atom is 0.316 e. The Morgan fingerprint density at radius 1 is 1.12 bits per heavy atom. The van der Waals surface area contributed by atoms with Gasteiger partial charge in [-0.3, -0.25) is 9.78 Å². The second-order valence-corrected chi connectivity index (χ2v) is 8.35. The van der Waals surface area contributed by atoms with Crippen LogP contribution in [0.25, 0.3) is 10.2 Å². The van der Waals surface area contributed by atoms with Crippen LogP contribution in [0, 0.1) is 11.3 Å². The fourth-order valence-electron chi connectivity index (χ4n) is 2.99. The first kappa shape index (κ1) is 21.3. The number of pyridine rings is 1. The van der Waals surface area contributed by atoms with Crippen LogP contribution in [-0.4, -0.2) is 44.8 Å². The third-order valence-corrected chi connectivity index (χ3v) is 5.88. The summed E-state index contributed by atoms with van der Waals surface area (Å²) in [4.78, 5) is 30.6. The fourth-order valence-corrected chi connectivity index (χ4v) is 3.98. The number of rotatable bonds is 7. The molecule has 0 radical (unpaired) electrons. The number of amides is 1. The monoisotopic (exact) mass is 444 g/mol. The number of nitrogens with zero attached hydrogens (tertiary/aromatic N) is 6. The molecule has 32 heavy (non-hydrogen) atoms. The van der Waals surface area contributed by atoms with Crippen molar-refractivity contribution in [3.05, 3.63) is 76.8 Å². The molecule has 0 saturated carbocycles. The molecule has 0 fully saturated rings. The van der Waals surface area contributed by atoms with Crippen LogP contribution in [0.4, 0.5) is 0 Å². The summed E-state index contributed by atoms with van der Waals surface area (Å²) >= 11 is 1.45. The quantitative estimate of drug-likeness (QED) is 0.430. The molecule has 0 saturated heterocycles. The molecule has 1 amide bonds. The van der Waals surface area contributed by atoms with Crippen LogP contribution >= 0.6 is 11.3 Å². The van der Waals surface area contributed by atoms with Gasteiger partial charge < -0.3 is 9.64 Å². The van der Waals surface area contributed by atoms with Crippen LogP contribution < -0.4 is 4.74 Å². The summed E-state index contributed by atoms with van der Waals surface area (Å²) in [6.45, 7) is 0.273. The Hall–Kier alpha value is -3.90. The van der Waals surface area contributed by atoms with Gasteiger partial charge in [0.25, 0.3) is 0 Å². The normalized spacial score (nSPS) is 11.7. The molecule has 1 atom stereocenters. The number of thiazole rings is 1. The van der Waals surface area contributed by atoms with Gasteiger partial charge in [-0.1, -0.05) is 24.3 Å². The lowest BCUT2D eigenvalue weighted by Crippen LogP contribution is -2.23. The van der Waals surface area contributed by atoms with Crippen molar-refractivity contribution in [1.29, 1.82) is 5.26 Å². The smallest absolute Gasteiger partial charge is 0.316 e. The molecule has 0 spiro atoms. The Bertz CT molecular complexity index is 1250. The van der Waals surface area contributed by atoms with E-state index in [4.69, 9.17) is 4.74 Å². The standard InChI is InChI=1S/C23H20N6O2S/c1-29(2)21(30)11-15-3-5-16(6-4-15)14-31-23-26-10-7-18(28-23)17(12-24)22-27-19-13-25-9-8-20(19)32-22/h3-10,13,17H,11,14H2,1-2H3. The molecule has 3 heterocycles. The molecule has 9 heteroatoms. The molecule has 0 N–H and O–H groups in total. The molecule has 0 aliphatic rings. The van der Waals surface area contributed by atoms with Gasteiger partial charge in [-0.05, 0) is 23.3 Å². The zero-order valence-electron chi connectivity index (χ0n) is 17.6. The Balaban J connectivity index is 1.45. The Kier molecular flexibility index (Phi) is 6.33. The summed E-state index contributed by atoms with van der Waals surface area (Å²) in [7, 11) is 3.48. The van der Waals surface area contributed by atoms with Crippen LogP contribution in [0.2, 0.25) is 0 Å². The third-order valence-electron chi connectivity index (χ3n) is 4.78. The summed E-state index contributed by atoms with van der Waals surface area (Å²) in [5, 5.41) is 10.4. The molecule has 4 aromatic rings. The molecular formula is C23H20N6O2S. The first-order valence-corrected chi connectivity index (χ1v) is 10.7. The highest BCUT2D eigenvalue weighted by Gasteiger charge is 2.20. The molecule has 0 aliphatic heterocycles. The number of ether oxygens (including phenoxy) is 1. The van der Waals surface area contributed by atoms with Gasteiger partial charge >= 0.3 is 6.01 Å². The second-order valence-electron chi connectivity index (χ2n) is 7.29. The highest BCUT2D eigenvalue weighted by atomic mass is 32.1. The molecular weight excluding hydrogens is 424 g/mol. The van der Waals surface area contributed by atoms with Gasteiger partial charge in [-0.2, -0.15) is 10.2 Å². The summed E-state index contributed by atoms with van der Waals surface area (Å²) in [5.41, 5.74) is 3.15. The molecule has 3 aromatic heterocycles. The van der Waals surface area contributed by atoms with E-state index in [-0.39, 0.29) is 18.5 Å². The molecule has 0 aliphatic carbocycles. The Morgan fingerprint density at radius 2 is 1.91 bits per heavy atom. The maximum atomic E-state index is 11.8. The zero-order valence-corrected chi connectivity index (χ0v) is 18.4. The molecule has 1 unspecified atom stereocenters. The molecule has 8 nitrogen and oxygen atoms in total. The fraction of sp³-hybridized carbons (Fsp3) is 0.217. The first-order chi connectivity index (χ1) is 15.5. The summed E-state index contributed by atoms with van der Waals surface area (Å²) < 4.78 is 6.72. The van der Waals surface area contributed by atoms with Gasteiger partial charge in [0.1, 0.15) is 17.5 Å². The predicted octanol–water partition coefficient (Wildman–Crippen LogP) is 3.35. The topological polar surface area (TPSA) is 105 Å². The van der Waals surface area contributed by atoms with Gasteiger partial charge in [-0.25, -0.2) is 9.97 Å². The van der Waals surface area contributed by atoms with Crippen molar-refractivity contribution in [3.8, 4) is 12.1 Å². The third kappa shape index (κ3) is 4.87. The minimum absolute atomic E-state index is 0.0515. The van der Waals surface area contributed by atoms with E-state index < -0.39 is 5.92 Å². The van der Waals surface area contributed by atoms with Crippen molar-refractivity contribution < 1.29 is 9.53 Å². The number of hydrogen-bond donors (Lipinski definition) is 0. The van der Waals surface area contributed by atoms with Gasteiger partial charge in [-0.15, -0.1) is 11.3 Å². The lowest BCUT2D eigenvalue weighted by atomic mass is 10.1. The van der Waals surface area contributed by atoms with Crippen molar-refractivity contribution in [1.82, 2.24) is 24.8 Å². The van der Waals surface area contributed by atoms with Gasteiger partial charge in [0.05, 0.1) is 34.6 Å². The lowest BCUT2D eigenvalue weighted by molar-refractivity contribution is -0.127. The molecule has 160 valence electrons. The number of benzene rings is 1. The van der Waals surface area contributed by atoms with Crippen molar-refractivity contribution in [3.63, 3.8) is 0 Å². The number of nitriles is 1. The van der Waals surface area contributed by atoms with E-state index in [2.05, 4.69) is 26.0 Å². The van der Waals surface area contributed by atoms with E-state index in [1.165, 1.54) is 11.3 Å². The largest absolute Gasteiger partial charge is 0.459 e. The predicted molar refractivity (Wildman–Crippen MR) is 120 cm³/mol. The molecule has 1 aromatic carbocycles. The van der Waals surface area contributed by atoms with Gasteiger partial charge in [0.2, 0.25) is 5.91 Å². The maximum absolute atomic E-state index is 11.8. The minimum Gasteiger partial charge on any atom is -0.459 e. The van der Waals surface area contributed by atoms with Gasteiger partial charge in [0, 0.05) is 26.5 Å². The van der Waals surface area contributed by atoms with Crippen molar-refractivity contribution in [2.24, 2.45) is 0 Å². The summed E-state index contributed by atoms with van der Waals surface area (Å²) in [6, 6.07) is 13.7. The number of carbonyl (C=O) groups excluding carboxylic acids is 1. The van der Waals surface area contributed by atoms with E-state index in [0.717, 1.165) is 21.3 Å². The second kappa shape index (κ2) is 9.49. The molecule has 4 rings (SSSR count). The Morgan fingerprint density at radius 3 is 2.62 bits per heavy atom. The average Bonchev–Trinajstić information content (AvgIpc) is 3.23. The lowest BCUT2D eigenvalue weighted by Gasteiger charge is -2.11. The van der Waals surface area contributed by atoms with Crippen LogP contribution in [0.15, 0.2) is 55.0 Å². The number of aromatic nitrogens is 4. The van der Waals surface area contributed by atoms with Crippen LogP contribution in [0.3, 0.4) is 0 Å². The number of fused-ring (bicyclic) bond motifs is 1. The van der Waals surface area contributed by atoms with E-state index in [1.807, 2.05) is 30.3 Å². The average molecular weight is 445 g/mol. The first-order valence-electron chi connectivity index (χ1n) is 9.87. The zero-order chi connectivity index (χ0) is 22.5.